The fourth-order valence-electron chi connectivity index (χ4n) is 2.00. The van der Waals surface area contributed by atoms with Gasteiger partial charge in [-0.2, -0.15) is 0 Å². The lowest BCUT2D eigenvalue weighted by atomic mass is 10.1. The van der Waals surface area contributed by atoms with Gasteiger partial charge in [-0.15, -0.1) is 0 Å². The van der Waals surface area contributed by atoms with Gasteiger partial charge in [0.2, 0.25) is 0 Å². The van der Waals surface area contributed by atoms with Gasteiger partial charge in [-0.25, -0.2) is 4.98 Å². The molecule has 1 atom stereocenters. The highest BCUT2D eigenvalue weighted by molar-refractivity contribution is 6.34. The molecule has 1 aliphatic heterocycles. The highest BCUT2D eigenvalue weighted by Gasteiger charge is 2.22. The van der Waals surface area contributed by atoms with Crippen LogP contribution in [0.4, 0.5) is 0 Å². The maximum absolute atomic E-state index is 9.06. The second kappa shape index (κ2) is 5.32. The first-order valence-electron chi connectivity index (χ1n) is 5.32. The molecule has 1 aliphatic rings. The van der Waals surface area contributed by atoms with Crippen molar-refractivity contribution in [2.75, 3.05) is 19.7 Å². The monoisotopic (exact) mass is 260 g/mol. The van der Waals surface area contributed by atoms with E-state index in [0.29, 0.717) is 16.1 Å². The molecule has 88 valence electrons. The molecular formula is C11H14Cl2N2O. The van der Waals surface area contributed by atoms with E-state index in [1.54, 1.807) is 12.3 Å². The number of aliphatic hydroxyl groups is 1. The Labute approximate surface area is 105 Å². The summed E-state index contributed by atoms with van der Waals surface area (Å²) in [5, 5.41) is 10.1. The molecule has 3 nitrogen and oxygen atoms in total. The number of likely N-dealkylation sites (tertiary alicyclic amines) is 1. The molecule has 0 bridgehead atoms. The number of rotatable bonds is 3. The van der Waals surface area contributed by atoms with Gasteiger partial charge in [0.05, 0.1) is 0 Å². The summed E-state index contributed by atoms with van der Waals surface area (Å²) in [5.74, 6) is 0.402. The Morgan fingerprint density at radius 2 is 2.31 bits per heavy atom. The van der Waals surface area contributed by atoms with Gasteiger partial charge in [0.25, 0.3) is 0 Å². The van der Waals surface area contributed by atoms with E-state index in [0.717, 1.165) is 31.6 Å². The average molecular weight is 261 g/mol. The van der Waals surface area contributed by atoms with E-state index in [1.165, 1.54) is 0 Å². The molecule has 1 unspecified atom stereocenters. The maximum Gasteiger partial charge on any atom is 0.130 e. The minimum Gasteiger partial charge on any atom is -0.396 e. The van der Waals surface area contributed by atoms with E-state index >= 15 is 0 Å². The van der Waals surface area contributed by atoms with E-state index in [-0.39, 0.29) is 6.61 Å². The predicted octanol–water partition coefficient (Wildman–Crippen LogP) is 2.20. The predicted molar refractivity (Wildman–Crippen MR) is 64.7 cm³/mol. The quantitative estimate of drug-likeness (QED) is 0.847. The third-order valence-electron chi connectivity index (χ3n) is 2.92. The van der Waals surface area contributed by atoms with Gasteiger partial charge >= 0.3 is 0 Å². The summed E-state index contributed by atoms with van der Waals surface area (Å²) in [5.41, 5.74) is 0.990. The van der Waals surface area contributed by atoms with Crippen molar-refractivity contribution in [3.8, 4) is 0 Å². The summed E-state index contributed by atoms with van der Waals surface area (Å²) in [4.78, 5) is 6.30. The zero-order valence-electron chi connectivity index (χ0n) is 8.87. The molecule has 1 saturated heterocycles. The van der Waals surface area contributed by atoms with Gasteiger partial charge < -0.3 is 5.11 Å². The van der Waals surface area contributed by atoms with Crippen molar-refractivity contribution in [1.29, 1.82) is 0 Å². The number of nitrogens with zero attached hydrogens (tertiary/aromatic N) is 2. The second-order valence-electron chi connectivity index (χ2n) is 4.17. The molecule has 1 aromatic heterocycles. The topological polar surface area (TPSA) is 36.4 Å². The van der Waals surface area contributed by atoms with E-state index in [4.69, 9.17) is 28.3 Å². The molecule has 0 aromatic carbocycles. The van der Waals surface area contributed by atoms with Crippen molar-refractivity contribution in [2.45, 2.75) is 13.0 Å². The Balaban J connectivity index is 1.99. The largest absolute Gasteiger partial charge is 0.396 e. The van der Waals surface area contributed by atoms with Crippen LogP contribution in [0.2, 0.25) is 10.2 Å². The number of aliphatic hydroxyl groups excluding tert-OH is 1. The second-order valence-corrected chi connectivity index (χ2v) is 4.97. The van der Waals surface area contributed by atoms with Gasteiger partial charge in [0.15, 0.2) is 0 Å². The number of hydrogen-bond donors (Lipinski definition) is 1. The molecule has 1 N–H and O–H groups in total. The average Bonchev–Trinajstić information content (AvgIpc) is 2.70. The fourth-order valence-corrected chi connectivity index (χ4v) is 2.42. The first kappa shape index (κ1) is 12.1. The van der Waals surface area contributed by atoms with Gasteiger partial charge in [0.1, 0.15) is 5.15 Å². The zero-order valence-corrected chi connectivity index (χ0v) is 10.4. The summed E-state index contributed by atoms with van der Waals surface area (Å²) >= 11 is 11.8. The SMILES string of the molecule is OCC1CCN(Cc2cnc(Cl)cc2Cl)C1. The molecule has 0 amide bonds. The van der Waals surface area contributed by atoms with E-state index in [9.17, 15) is 0 Å². The molecule has 16 heavy (non-hydrogen) atoms. The van der Waals surface area contributed by atoms with Crippen molar-refractivity contribution in [2.24, 2.45) is 5.92 Å². The van der Waals surface area contributed by atoms with Crippen molar-refractivity contribution in [3.63, 3.8) is 0 Å². The Kier molecular flexibility index (Phi) is 4.03. The van der Waals surface area contributed by atoms with Crippen LogP contribution in [0.25, 0.3) is 0 Å². The summed E-state index contributed by atoms with van der Waals surface area (Å²) in [6.45, 7) is 2.97. The first-order chi connectivity index (χ1) is 7.69. The maximum atomic E-state index is 9.06. The summed E-state index contributed by atoms with van der Waals surface area (Å²) in [6.07, 6.45) is 2.77. The number of hydrogen-bond acceptors (Lipinski definition) is 3. The van der Waals surface area contributed by atoms with Crippen molar-refractivity contribution < 1.29 is 5.11 Å². The summed E-state index contributed by atoms with van der Waals surface area (Å²) in [6, 6.07) is 1.66. The van der Waals surface area contributed by atoms with Crippen LogP contribution in [-0.4, -0.2) is 34.7 Å². The Bertz CT molecular complexity index is 373. The van der Waals surface area contributed by atoms with E-state index < -0.39 is 0 Å². The third-order valence-corrected chi connectivity index (χ3v) is 3.48. The van der Waals surface area contributed by atoms with Crippen LogP contribution in [0.15, 0.2) is 12.3 Å². The smallest absolute Gasteiger partial charge is 0.130 e. The highest BCUT2D eigenvalue weighted by Crippen LogP contribution is 2.23. The summed E-state index contributed by atoms with van der Waals surface area (Å²) < 4.78 is 0. The van der Waals surface area contributed by atoms with Crippen LogP contribution in [-0.2, 0) is 6.54 Å². The van der Waals surface area contributed by atoms with Crippen LogP contribution >= 0.6 is 23.2 Å². The molecule has 1 aromatic rings. The highest BCUT2D eigenvalue weighted by atomic mass is 35.5. The van der Waals surface area contributed by atoms with E-state index in [1.807, 2.05) is 0 Å². The van der Waals surface area contributed by atoms with Crippen LogP contribution in [0.1, 0.15) is 12.0 Å². The van der Waals surface area contributed by atoms with E-state index in [2.05, 4.69) is 9.88 Å². The van der Waals surface area contributed by atoms with Crippen molar-refractivity contribution >= 4 is 23.2 Å². The molecule has 2 heterocycles. The van der Waals surface area contributed by atoms with Gasteiger partial charge in [-0.05, 0) is 24.9 Å². The third kappa shape index (κ3) is 2.86. The molecule has 0 spiro atoms. The molecular weight excluding hydrogens is 247 g/mol. The van der Waals surface area contributed by atoms with Crippen LogP contribution in [0, 0.1) is 5.92 Å². The number of aromatic nitrogens is 1. The first-order valence-corrected chi connectivity index (χ1v) is 6.07. The number of pyridine rings is 1. The summed E-state index contributed by atoms with van der Waals surface area (Å²) in [7, 11) is 0. The molecule has 2 rings (SSSR count). The normalized spacial score (nSPS) is 21.6. The lowest BCUT2D eigenvalue weighted by molar-refractivity contribution is 0.220. The van der Waals surface area contributed by atoms with Gasteiger partial charge in [0, 0.05) is 36.5 Å². The van der Waals surface area contributed by atoms with Gasteiger partial charge in [-0.1, -0.05) is 23.2 Å². The minimum atomic E-state index is 0.267. The van der Waals surface area contributed by atoms with Crippen LogP contribution < -0.4 is 0 Å². The Morgan fingerprint density at radius 1 is 1.50 bits per heavy atom. The molecule has 0 aliphatic carbocycles. The van der Waals surface area contributed by atoms with Gasteiger partial charge in [-0.3, -0.25) is 4.90 Å². The molecule has 0 radical (unpaired) electrons. The fraction of sp³-hybridized carbons (Fsp3) is 0.545. The standard InChI is InChI=1S/C11H14Cl2N2O/c12-10-3-11(13)14-4-9(10)6-15-2-1-8(5-15)7-16/h3-4,8,16H,1-2,5-7H2. The molecule has 1 fully saturated rings. The lowest BCUT2D eigenvalue weighted by Crippen LogP contribution is -2.21. The Hall–Kier alpha value is -0.350. The van der Waals surface area contributed by atoms with Crippen LogP contribution in [0.3, 0.4) is 0 Å². The number of halogens is 2. The molecule has 0 saturated carbocycles. The Morgan fingerprint density at radius 3 is 2.94 bits per heavy atom. The minimum absolute atomic E-state index is 0.267. The lowest BCUT2D eigenvalue weighted by Gasteiger charge is -2.16. The van der Waals surface area contributed by atoms with Crippen molar-refractivity contribution in [1.82, 2.24) is 9.88 Å². The zero-order chi connectivity index (χ0) is 11.5. The molecule has 5 heteroatoms. The van der Waals surface area contributed by atoms with Crippen LogP contribution in [0.5, 0.6) is 0 Å². The van der Waals surface area contributed by atoms with Crippen molar-refractivity contribution in [3.05, 3.63) is 28.0 Å².